The van der Waals surface area contributed by atoms with Crippen LogP contribution in [0.5, 0.6) is 0 Å². The quantitative estimate of drug-likeness (QED) is 0.551. The van der Waals surface area contributed by atoms with Crippen LogP contribution in [0.4, 0.5) is 0 Å². The SMILES string of the molecule is CC(=O)c1ccc(CC(C)CCl)cc1. The maximum atomic E-state index is 11.0. The average molecular weight is 211 g/mol. The van der Waals surface area contributed by atoms with Crippen molar-refractivity contribution >= 4 is 17.4 Å². The Morgan fingerprint density at radius 2 is 1.93 bits per heavy atom. The first-order valence-electron chi connectivity index (χ1n) is 4.79. The van der Waals surface area contributed by atoms with Crippen molar-refractivity contribution in [3.8, 4) is 0 Å². The summed E-state index contributed by atoms with van der Waals surface area (Å²) >= 11 is 5.73. The van der Waals surface area contributed by atoms with Gasteiger partial charge in [-0.2, -0.15) is 0 Å². The predicted octanol–water partition coefficient (Wildman–Crippen LogP) is 3.31. The summed E-state index contributed by atoms with van der Waals surface area (Å²) in [5.74, 6) is 1.27. The first-order valence-corrected chi connectivity index (χ1v) is 5.32. The van der Waals surface area contributed by atoms with Crippen LogP contribution in [0.15, 0.2) is 24.3 Å². The molecule has 1 unspecified atom stereocenters. The molecular formula is C12H15ClO. The minimum atomic E-state index is 0.113. The largest absolute Gasteiger partial charge is 0.295 e. The third-order valence-corrected chi connectivity index (χ3v) is 2.73. The Morgan fingerprint density at radius 3 is 2.36 bits per heavy atom. The van der Waals surface area contributed by atoms with E-state index in [4.69, 9.17) is 11.6 Å². The average Bonchev–Trinajstić information content (AvgIpc) is 2.18. The number of hydrogen-bond donors (Lipinski definition) is 0. The molecule has 0 fully saturated rings. The number of halogens is 1. The maximum Gasteiger partial charge on any atom is 0.159 e. The van der Waals surface area contributed by atoms with Crippen LogP contribution < -0.4 is 0 Å². The van der Waals surface area contributed by atoms with Crippen LogP contribution >= 0.6 is 11.6 Å². The summed E-state index contributed by atoms with van der Waals surface area (Å²) < 4.78 is 0. The minimum Gasteiger partial charge on any atom is -0.295 e. The lowest BCUT2D eigenvalue weighted by Gasteiger charge is -2.07. The molecule has 0 heterocycles. The van der Waals surface area contributed by atoms with E-state index in [0.717, 1.165) is 12.0 Å². The first-order chi connectivity index (χ1) is 6.63. The molecule has 0 aliphatic carbocycles. The van der Waals surface area contributed by atoms with E-state index in [-0.39, 0.29) is 5.78 Å². The van der Waals surface area contributed by atoms with Crippen molar-refractivity contribution < 1.29 is 4.79 Å². The van der Waals surface area contributed by atoms with Gasteiger partial charge in [-0.3, -0.25) is 4.79 Å². The van der Waals surface area contributed by atoms with Gasteiger partial charge in [-0.05, 0) is 24.8 Å². The molecule has 0 bridgehead atoms. The van der Waals surface area contributed by atoms with Gasteiger partial charge >= 0.3 is 0 Å². The number of alkyl halides is 1. The zero-order chi connectivity index (χ0) is 10.6. The minimum absolute atomic E-state index is 0.113. The highest BCUT2D eigenvalue weighted by molar-refractivity contribution is 6.18. The van der Waals surface area contributed by atoms with Crippen LogP contribution in [0.3, 0.4) is 0 Å². The van der Waals surface area contributed by atoms with Crippen molar-refractivity contribution in [2.75, 3.05) is 5.88 Å². The highest BCUT2D eigenvalue weighted by Crippen LogP contribution is 2.11. The molecule has 14 heavy (non-hydrogen) atoms. The zero-order valence-electron chi connectivity index (χ0n) is 8.59. The highest BCUT2D eigenvalue weighted by Gasteiger charge is 2.03. The molecule has 0 aliphatic heterocycles. The van der Waals surface area contributed by atoms with Gasteiger partial charge in [0.1, 0.15) is 0 Å². The van der Waals surface area contributed by atoms with Crippen molar-refractivity contribution in [1.29, 1.82) is 0 Å². The summed E-state index contributed by atoms with van der Waals surface area (Å²) in [7, 11) is 0. The molecular weight excluding hydrogens is 196 g/mol. The van der Waals surface area contributed by atoms with E-state index in [0.29, 0.717) is 11.8 Å². The van der Waals surface area contributed by atoms with E-state index in [2.05, 4.69) is 6.92 Å². The van der Waals surface area contributed by atoms with E-state index in [1.807, 2.05) is 24.3 Å². The molecule has 1 aromatic carbocycles. The lowest BCUT2D eigenvalue weighted by atomic mass is 10.0. The van der Waals surface area contributed by atoms with Gasteiger partial charge in [0.2, 0.25) is 0 Å². The normalized spacial score (nSPS) is 12.5. The maximum absolute atomic E-state index is 11.0. The van der Waals surface area contributed by atoms with Crippen molar-refractivity contribution in [2.45, 2.75) is 20.3 Å². The first kappa shape index (κ1) is 11.3. The van der Waals surface area contributed by atoms with Crippen LogP contribution in [-0.2, 0) is 6.42 Å². The molecule has 1 rings (SSSR count). The Kier molecular flexibility index (Phi) is 4.15. The molecule has 0 saturated carbocycles. The van der Waals surface area contributed by atoms with Crippen molar-refractivity contribution in [3.63, 3.8) is 0 Å². The van der Waals surface area contributed by atoms with Gasteiger partial charge in [0, 0.05) is 11.4 Å². The smallest absolute Gasteiger partial charge is 0.159 e. The van der Waals surface area contributed by atoms with Gasteiger partial charge in [0.25, 0.3) is 0 Å². The van der Waals surface area contributed by atoms with Crippen molar-refractivity contribution in [2.24, 2.45) is 5.92 Å². The molecule has 76 valence electrons. The summed E-state index contributed by atoms with van der Waals surface area (Å²) in [5.41, 5.74) is 2.01. The Balaban J connectivity index is 2.68. The fraction of sp³-hybridized carbons (Fsp3) is 0.417. The molecule has 0 aromatic heterocycles. The van der Waals surface area contributed by atoms with Crippen LogP contribution in [-0.4, -0.2) is 11.7 Å². The second-order valence-electron chi connectivity index (χ2n) is 3.72. The van der Waals surface area contributed by atoms with E-state index in [9.17, 15) is 4.79 Å². The Morgan fingerprint density at radius 1 is 1.36 bits per heavy atom. The summed E-state index contributed by atoms with van der Waals surface area (Å²) in [5, 5.41) is 0. The van der Waals surface area contributed by atoms with E-state index >= 15 is 0 Å². The fourth-order valence-electron chi connectivity index (χ4n) is 1.33. The summed E-state index contributed by atoms with van der Waals surface area (Å²) in [6.45, 7) is 3.70. The second-order valence-corrected chi connectivity index (χ2v) is 4.03. The van der Waals surface area contributed by atoms with Crippen LogP contribution in [0.2, 0.25) is 0 Å². The number of rotatable bonds is 4. The van der Waals surface area contributed by atoms with Crippen LogP contribution in [0.25, 0.3) is 0 Å². The van der Waals surface area contributed by atoms with Gasteiger partial charge < -0.3 is 0 Å². The highest BCUT2D eigenvalue weighted by atomic mass is 35.5. The fourth-order valence-corrected chi connectivity index (χ4v) is 1.44. The van der Waals surface area contributed by atoms with Crippen molar-refractivity contribution in [3.05, 3.63) is 35.4 Å². The Labute approximate surface area is 90.1 Å². The molecule has 0 spiro atoms. The third-order valence-electron chi connectivity index (χ3n) is 2.21. The zero-order valence-corrected chi connectivity index (χ0v) is 9.34. The molecule has 0 saturated heterocycles. The van der Waals surface area contributed by atoms with E-state index in [1.165, 1.54) is 5.56 Å². The van der Waals surface area contributed by atoms with Gasteiger partial charge in [0.05, 0.1) is 0 Å². The molecule has 1 atom stereocenters. The van der Waals surface area contributed by atoms with E-state index in [1.54, 1.807) is 6.92 Å². The standard InChI is InChI=1S/C12H15ClO/c1-9(8-13)7-11-3-5-12(6-4-11)10(2)14/h3-6,9H,7-8H2,1-2H3. The molecule has 0 radical (unpaired) electrons. The summed E-state index contributed by atoms with van der Waals surface area (Å²) in [4.78, 5) is 11.0. The molecule has 2 heteroatoms. The summed E-state index contributed by atoms with van der Waals surface area (Å²) in [6.07, 6.45) is 0.974. The molecule has 0 amide bonds. The lowest BCUT2D eigenvalue weighted by molar-refractivity contribution is 0.101. The predicted molar refractivity (Wildman–Crippen MR) is 60.0 cm³/mol. The van der Waals surface area contributed by atoms with E-state index < -0.39 is 0 Å². The number of carbonyl (C=O) groups excluding carboxylic acids is 1. The number of benzene rings is 1. The molecule has 1 nitrogen and oxygen atoms in total. The number of carbonyl (C=O) groups is 1. The number of hydrogen-bond acceptors (Lipinski definition) is 1. The second kappa shape index (κ2) is 5.16. The van der Waals surface area contributed by atoms with Gasteiger partial charge in [-0.1, -0.05) is 31.2 Å². The number of ketones is 1. The monoisotopic (exact) mass is 210 g/mol. The van der Waals surface area contributed by atoms with Crippen LogP contribution in [0, 0.1) is 5.92 Å². The van der Waals surface area contributed by atoms with Gasteiger partial charge in [-0.15, -0.1) is 11.6 Å². The van der Waals surface area contributed by atoms with Crippen LogP contribution in [0.1, 0.15) is 29.8 Å². The van der Waals surface area contributed by atoms with Gasteiger partial charge in [-0.25, -0.2) is 0 Å². The molecule has 1 aromatic rings. The number of Topliss-reactive ketones (excluding diaryl/α,β-unsaturated/α-hetero) is 1. The lowest BCUT2D eigenvalue weighted by Crippen LogP contribution is -2.01. The third kappa shape index (κ3) is 3.15. The molecule has 0 N–H and O–H groups in total. The van der Waals surface area contributed by atoms with Gasteiger partial charge in [0.15, 0.2) is 5.78 Å². The Bertz CT molecular complexity index is 303. The van der Waals surface area contributed by atoms with Crippen molar-refractivity contribution in [1.82, 2.24) is 0 Å². The molecule has 0 aliphatic rings. The Hall–Kier alpha value is -0.820. The topological polar surface area (TPSA) is 17.1 Å². The summed E-state index contributed by atoms with van der Waals surface area (Å²) in [6, 6.07) is 7.75.